The fourth-order valence-electron chi connectivity index (χ4n) is 1.44. The molecule has 0 aliphatic carbocycles. The number of carbonyl (C=O) groups is 2. The van der Waals surface area contributed by atoms with Gasteiger partial charge in [0.15, 0.2) is 0 Å². The number of rotatable bonds is 0. The summed E-state index contributed by atoms with van der Waals surface area (Å²) in [5.74, 6) is -2.70. The smallest absolute Gasteiger partial charge is 0.376 e. The molecule has 5 heteroatoms. The molecular formula is C9H10O5. The zero-order chi connectivity index (χ0) is 10.0. The molecule has 0 aromatic rings. The van der Waals surface area contributed by atoms with Gasteiger partial charge in [0.2, 0.25) is 0 Å². The quantitative estimate of drug-likeness (QED) is 0.530. The van der Waals surface area contributed by atoms with Crippen LogP contribution in [0.4, 0.5) is 0 Å². The van der Waals surface area contributed by atoms with Crippen molar-refractivity contribution in [3.8, 4) is 0 Å². The van der Waals surface area contributed by atoms with Crippen molar-refractivity contribution in [1.82, 2.24) is 0 Å². The van der Waals surface area contributed by atoms with E-state index in [1.165, 1.54) is 0 Å². The molecule has 5 nitrogen and oxygen atoms in total. The number of ether oxygens (including phenoxy) is 3. The van der Waals surface area contributed by atoms with Crippen LogP contribution in [0.15, 0.2) is 12.2 Å². The van der Waals surface area contributed by atoms with Crippen LogP contribution in [0, 0.1) is 0 Å². The van der Waals surface area contributed by atoms with Gasteiger partial charge >= 0.3 is 17.9 Å². The summed E-state index contributed by atoms with van der Waals surface area (Å²) in [7, 11) is 0. The van der Waals surface area contributed by atoms with Crippen LogP contribution in [0.2, 0.25) is 0 Å². The lowest BCUT2D eigenvalue weighted by Crippen LogP contribution is -2.43. The fraction of sp³-hybridized carbons (Fsp3) is 0.556. The van der Waals surface area contributed by atoms with E-state index in [-0.39, 0.29) is 0 Å². The van der Waals surface area contributed by atoms with E-state index in [9.17, 15) is 9.59 Å². The molecule has 0 radical (unpaired) electrons. The highest BCUT2D eigenvalue weighted by atomic mass is 16.9. The van der Waals surface area contributed by atoms with Crippen molar-refractivity contribution < 1.29 is 23.8 Å². The van der Waals surface area contributed by atoms with Gasteiger partial charge in [-0.3, -0.25) is 0 Å². The molecule has 2 rings (SSSR count). The van der Waals surface area contributed by atoms with Crippen molar-refractivity contribution in [1.29, 1.82) is 0 Å². The van der Waals surface area contributed by atoms with Gasteiger partial charge in [0.05, 0.1) is 13.0 Å². The van der Waals surface area contributed by atoms with Crippen LogP contribution < -0.4 is 0 Å². The van der Waals surface area contributed by atoms with Gasteiger partial charge in [0.1, 0.15) is 0 Å². The average molecular weight is 198 g/mol. The molecule has 1 fully saturated rings. The van der Waals surface area contributed by atoms with Crippen molar-refractivity contribution in [2.75, 3.05) is 6.61 Å². The molecule has 1 spiro atoms. The van der Waals surface area contributed by atoms with E-state index < -0.39 is 17.9 Å². The monoisotopic (exact) mass is 198 g/mol. The average Bonchev–Trinajstić information content (AvgIpc) is 2.27. The molecule has 14 heavy (non-hydrogen) atoms. The maximum atomic E-state index is 11.1. The predicted octanol–water partition coefficient (Wildman–Crippen LogP) is 0.497. The first-order valence-corrected chi connectivity index (χ1v) is 4.48. The van der Waals surface area contributed by atoms with E-state index in [2.05, 4.69) is 0 Å². The van der Waals surface area contributed by atoms with Crippen LogP contribution in [0.5, 0.6) is 0 Å². The standard InChI is InChI=1S/C9H10O5/c10-7-3-4-8(11)14-9(13-7)5-1-2-6-12-9/h3-4H,1-2,5-6H2. The van der Waals surface area contributed by atoms with Crippen molar-refractivity contribution in [2.24, 2.45) is 0 Å². The van der Waals surface area contributed by atoms with Crippen LogP contribution in [0.3, 0.4) is 0 Å². The number of esters is 2. The van der Waals surface area contributed by atoms with Gasteiger partial charge in [-0.05, 0) is 12.8 Å². The van der Waals surface area contributed by atoms with E-state index in [1.807, 2.05) is 0 Å². The Morgan fingerprint density at radius 3 is 2.21 bits per heavy atom. The fourth-order valence-corrected chi connectivity index (χ4v) is 1.44. The molecule has 0 amide bonds. The van der Waals surface area contributed by atoms with Crippen LogP contribution in [0.1, 0.15) is 19.3 Å². The van der Waals surface area contributed by atoms with Gasteiger partial charge in [0.25, 0.3) is 0 Å². The van der Waals surface area contributed by atoms with Crippen molar-refractivity contribution in [2.45, 2.75) is 25.2 Å². The van der Waals surface area contributed by atoms with Crippen molar-refractivity contribution in [3.05, 3.63) is 12.2 Å². The SMILES string of the molecule is O=C1C=CC(=O)OC2(CCCCO2)O1. The molecule has 0 saturated carbocycles. The van der Waals surface area contributed by atoms with Crippen LogP contribution in [-0.4, -0.2) is 24.5 Å². The van der Waals surface area contributed by atoms with Crippen LogP contribution >= 0.6 is 0 Å². The van der Waals surface area contributed by atoms with E-state index in [1.54, 1.807) is 0 Å². The Morgan fingerprint density at radius 2 is 1.71 bits per heavy atom. The minimum absolute atomic E-state index is 0.395. The Hall–Kier alpha value is -1.36. The third-order valence-electron chi connectivity index (χ3n) is 2.07. The van der Waals surface area contributed by atoms with Gasteiger partial charge in [0, 0.05) is 12.2 Å². The van der Waals surface area contributed by atoms with Crippen molar-refractivity contribution >= 4 is 11.9 Å². The summed E-state index contributed by atoms with van der Waals surface area (Å²) in [6.45, 7) is 0.431. The summed E-state index contributed by atoms with van der Waals surface area (Å²) in [6.07, 6.45) is 4.15. The molecule has 2 heterocycles. The Kier molecular flexibility index (Phi) is 2.25. The van der Waals surface area contributed by atoms with E-state index in [0.717, 1.165) is 25.0 Å². The largest absolute Gasteiger partial charge is 0.395 e. The predicted molar refractivity (Wildman–Crippen MR) is 43.9 cm³/mol. The zero-order valence-electron chi connectivity index (χ0n) is 7.52. The number of hydrogen-bond acceptors (Lipinski definition) is 5. The molecule has 1 saturated heterocycles. The normalized spacial score (nSPS) is 25.4. The Bertz CT molecular complexity index is 266. The molecule has 2 aliphatic heterocycles. The lowest BCUT2D eigenvalue weighted by molar-refractivity contribution is -0.353. The summed E-state index contributed by atoms with van der Waals surface area (Å²) in [6, 6.07) is 0. The van der Waals surface area contributed by atoms with Crippen LogP contribution in [0.25, 0.3) is 0 Å². The number of hydrogen-bond donors (Lipinski definition) is 0. The molecule has 0 atom stereocenters. The van der Waals surface area contributed by atoms with Crippen LogP contribution in [-0.2, 0) is 23.8 Å². The van der Waals surface area contributed by atoms with Gasteiger partial charge < -0.3 is 14.2 Å². The summed E-state index contributed by atoms with van der Waals surface area (Å²) in [4.78, 5) is 22.2. The summed E-state index contributed by atoms with van der Waals surface area (Å²) in [5.41, 5.74) is 0. The minimum atomic E-state index is -1.48. The molecule has 0 bridgehead atoms. The maximum Gasteiger partial charge on any atom is 0.376 e. The van der Waals surface area contributed by atoms with Gasteiger partial charge in [-0.1, -0.05) is 0 Å². The van der Waals surface area contributed by atoms with E-state index >= 15 is 0 Å². The Balaban J connectivity index is 2.17. The first-order valence-electron chi connectivity index (χ1n) is 4.48. The second kappa shape index (κ2) is 3.42. The highest BCUT2D eigenvalue weighted by Gasteiger charge is 2.42. The molecule has 0 aromatic carbocycles. The molecule has 0 unspecified atom stereocenters. The lowest BCUT2D eigenvalue weighted by Gasteiger charge is -2.33. The summed E-state index contributed by atoms with van der Waals surface area (Å²) >= 11 is 0. The Morgan fingerprint density at radius 1 is 1.07 bits per heavy atom. The minimum Gasteiger partial charge on any atom is -0.395 e. The molecule has 2 aliphatic rings. The van der Waals surface area contributed by atoms with E-state index in [4.69, 9.17) is 14.2 Å². The summed E-state index contributed by atoms with van der Waals surface area (Å²) in [5, 5.41) is 0. The van der Waals surface area contributed by atoms with E-state index in [0.29, 0.717) is 13.0 Å². The van der Waals surface area contributed by atoms with Crippen molar-refractivity contribution in [3.63, 3.8) is 0 Å². The second-order valence-corrected chi connectivity index (χ2v) is 3.16. The highest BCUT2D eigenvalue weighted by Crippen LogP contribution is 2.29. The third-order valence-corrected chi connectivity index (χ3v) is 2.07. The first-order chi connectivity index (χ1) is 6.70. The second-order valence-electron chi connectivity index (χ2n) is 3.16. The lowest BCUT2D eigenvalue weighted by atomic mass is 10.2. The zero-order valence-corrected chi connectivity index (χ0v) is 7.52. The molecule has 0 N–H and O–H groups in total. The highest BCUT2D eigenvalue weighted by molar-refractivity contribution is 5.93. The first kappa shape index (κ1) is 9.21. The summed E-state index contributed by atoms with van der Waals surface area (Å²) < 4.78 is 15.0. The third kappa shape index (κ3) is 1.77. The Labute approximate surface area is 80.6 Å². The maximum absolute atomic E-state index is 11.1. The molecule has 0 aromatic heterocycles. The molecular weight excluding hydrogens is 188 g/mol. The van der Waals surface area contributed by atoms with Gasteiger partial charge in [-0.25, -0.2) is 9.59 Å². The topological polar surface area (TPSA) is 61.8 Å². The van der Waals surface area contributed by atoms with Gasteiger partial charge in [-0.2, -0.15) is 0 Å². The number of carbonyl (C=O) groups excluding carboxylic acids is 2. The molecule has 76 valence electrons. The van der Waals surface area contributed by atoms with Gasteiger partial charge in [-0.15, -0.1) is 0 Å².